The molecule has 0 saturated carbocycles. The van der Waals surface area contributed by atoms with Crippen LogP contribution >= 0.6 is 23.4 Å². The van der Waals surface area contributed by atoms with Crippen molar-refractivity contribution in [2.45, 2.75) is 35.4 Å². The van der Waals surface area contributed by atoms with E-state index in [2.05, 4.69) is 21.3 Å². The molecule has 1 aromatic rings. The van der Waals surface area contributed by atoms with Crippen molar-refractivity contribution in [1.29, 1.82) is 0 Å². The summed E-state index contributed by atoms with van der Waals surface area (Å²) in [5, 5.41) is 9.92. The monoisotopic (exact) mass is 543 g/mol. The number of carbonyl (C=O) groups excluding carboxylic acids is 3. The van der Waals surface area contributed by atoms with Gasteiger partial charge in [-0.25, -0.2) is 4.79 Å². The molecule has 0 aromatic heterocycles. The highest BCUT2D eigenvalue weighted by molar-refractivity contribution is 8.01. The van der Waals surface area contributed by atoms with Gasteiger partial charge < -0.3 is 41.2 Å². The molecule has 0 spiro atoms. The Labute approximate surface area is 219 Å². The summed E-state index contributed by atoms with van der Waals surface area (Å²) in [6, 6.07) is 5.32. The third-order valence-electron chi connectivity index (χ3n) is 5.45. The first-order valence-corrected chi connectivity index (χ1v) is 13.3. The minimum absolute atomic E-state index is 0.0346. The number of fused-ring (bicyclic) bond motifs is 1. The van der Waals surface area contributed by atoms with Crippen LogP contribution in [0.1, 0.15) is 17.5 Å². The van der Waals surface area contributed by atoms with Gasteiger partial charge in [-0.15, -0.1) is 23.4 Å². The molecule has 11 nitrogen and oxygen atoms in total. The number of nitrogens with one attached hydrogen (secondary N) is 4. The maximum absolute atomic E-state index is 13.1. The summed E-state index contributed by atoms with van der Waals surface area (Å²) in [6.45, 7) is 3.72. The van der Waals surface area contributed by atoms with Gasteiger partial charge in [-0.1, -0.05) is 12.1 Å². The van der Waals surface area contributed by atoms with E-state index in [9.17, 15) is 14.4 Å². The number of amides is 4. The summed E-state index contributed by atoms with van der Waals surface area (Å²) in [7, 11) is 0. The molecule has 2 unspecified atom stereocenters. The Morgan fingerprint density at radius 3 is 2.61 bits per heavy atom. The van der Waals surface area contributed by atoms with Gasteiger partial charge in [-0.3, -0.25) is 9.59 Å². The number of hydrogen-bond donors (Lipinski definition) is 5. The molecule has 36 heavy (non-hydrogen) atoms. The van der Waals surface area contributed by atoms with E-state index in [0.717, 1.165) is 16.8 Å². The van der Waals surface area contributed by atoms with Gasteiger partial charge in [-0.2, -0.15) is 0 Å². The number of benzene rings is 1. The lowest BCUT2D eigenvalue weighted by Gasteiger charge is -2.31. The number of thioether (sulfide) groups is 1. The van der Waals surface area contributed by atoms with Gasteiger partial charge >= 0.3 is 6.03 Å². The third kappa shape index (κ3) is 9.41. The van der Waals surface area contributed by atoms with Crippen LogP contribution in [0.3, 0.4) is 0 Å². The van der Waals surface area contributed by atoms with Crippen LogP contribution in [0, 0.1) is 0 Å². The molecule has 2 heterocycles. The molecule has 2 aliphatic heterocycles. The molecule has 3 atom stereocenters. The van der Waals surface area contributed by atoms with Gasteiger partial charge in [0.1, 0.15) is 0 Å². The topological polar surface area (TPSA) is 153 Å². The molecule has 2 aliphatic rings. The van der Waals surface area contributed by atoms with Crippen LogP contribution in [0.25, 0.3) is 0 Å². The maximum atomic E-state index is 13.1. The molecule has 4 amide bonds. The number of hydrogen-bond acceptors (Lipinski definition) is 8. The second-order valence-electron chi connectivity index (χ2n) is 8.26. The molecule has 1 saturated heterocycles. The zero-order valence-electron chi connectivity index (χ0n) is 20.1. The quantitative estimate of drug-likeness (QED) is 0.150. The van der Waals surface area contributed by atoms with E-state index in [1.807, 2.05) is 18.2 Å². The molecule has 1 fully saturated rings. The lowest BCUT2D eigenvalue weighted by atomic mass is 10.1. The van der Waals surface area contributed by atoms with Gasteiger partial charge in [0.25, 0.3) is 0 Å². The molecule has 0 bridgehead atoms. The van der Waals surface area contributed by atoms with Crippen molar-refractivity contribution in [1.82, 2.24) is 16.0 Å². The molecule has 0 aliphatic carbocycles. The van der Waals surface area contributed by atoms with Gasteiger partial charge in [0.15, 0.2) is 0 Å². The van der Waals surface area contributed by atoms with Crippen LogP contribution in [0.5, 0.6) is 0 Å². The standard InChI is InChI=1S/C23H34ClN5O6S/c24-17-14-27-23(32)29-22(17)36-19(3-5-33-7-9-35-10-8-34-6-4-25)21(31)26-13-15-1-2-18-16(11-15)12-20(30)28-18/h1-2,11,17,19,22H,3-10,12-14,25H2,(H,26,31)(H,28,30)(H2,27,29,32)/t17?,19-,22?/m1/s1. The molecular formula is C23H34ClN5O6S. The first-order chi connectivity index (χ1) is 17.5. The Balaban J connectivity index is 1.46. The first-order valence-electron chi connectivity index (χ1n) is 11.9. The number of carbonyl (C=O) groups is 3. The van der Waals surface area contributed by atoms with Crippen molar-refractivity contribution in [3.05, 3.63) is 29.3 Å². The zero-order valence-corrected chi connectivity index (χ0v) is 21.6. The predicted molar refractivity (Wildman–Crippen MR) is 138 cm³/mol. The number of nitrogens with two attached hydrogens (primary N) is 1. The Morgan fingerprint density at radius 2 is 1.86 bits per heavy atom. The summed E-state index contributed by atoms with van der Waals surface area (Å²) >= 11 is 7.68. The fourth-order valence-electron chi connectivity index (χ4n) is 3.64. The number of halogens is 1. The van der Waals surface area contributed by atoms with Crippen LogP contribution in [0.2, 0.25) is 0 Å². The van der Waals surface area contributed by atoms with E-state index in [0.29, 0.717) is 72.1 Å². The first kappa shape index (κ1) is 28.5. The van der Waals surface area contributed by atoms with Crippen LogP contribution in [0.15, 0.2) is 18.2 Å². The van der Waals surface area contributed by atoms with Crippen LogP contribution in [-0.4, -0.2) is 86.6 Å². The van der Waals surface area contributed by atoms with Crippen molar-refractivity contribution in [2.75, 3.05) is 58.0 Å². The van der Waals surface area contributed by atoms with Crippen molar-refractivity contribution in [3.63, 3.8) is 0 Å². The number of anilines is 1. The summed E-state index contributed by atoms with van der Waals surface area (Å²) in [4.78, 5) is 36.4. The molecule has 1 aromatic carbocycles. The lowest BCUT2D eigenvalue weighted by molar-refractivity contribution is -0.121. The summed E-state index contributed by atoms with van der Waals surface area (Å²) in [5.74, 6) is -0.212. The average molecular weight is 544 g/mol. The van der Waals surface area contributed by atoms with E-state index < -0.39 is 10.6 Å². The van der Waals surface area contributed by atoms with Crippen molar-refractivity contribution in [3.8, 4) is 0 Å². The van der Waals surface area contributed by atoms with E-state index in [1.165, 1.54) is 11.8 Å². The molecule has 3 rings (SSSR count). The van der Waals surface area contributed by atoms with Crippen molar-refractivity contribution >= 4 is 46.9 Å². The lowest BCUT2D eigenvalue weighted by Crippen LogP contribution is -2.55. The van der Waals surface area contributed by atoms with E-state index >= 15 is 0 Å². The highest BCUT2D eigenvalue weighted by Gasteiger charge is 2.32. The minimum Gasteiger partial charge on any atom is -0.379 e. The van der Waals surface area contributed by atoms with Gasteiger partial charge in [0, 0.05) is 31.9 Å². The minimum atomic E-state index is -0.488. The van der Waals surface area contributed by atoms with Gasteiger partial charge in [-0.05, 0) is 23.6 Å². The Kier molecular flexibility index (Phi) is 12.0. The fourth-order valence-corrected chi connectivity index (χ4v) is 5.19. The van der Waals surface area contributed by atoms with E-state index in [-0.39, 0.29) is 23.2 Å². The average Bonchev–Trinajstić information content (AvgIpc) is 3.24. The second-order valence-corrected chi connectivity index (χ2v) is 10.2. The van der Waals surface area contributed by atoms with Gasteiger partial charge in [0.2, 0.25) is 11.8 Å². The molecule has 0 radical (unpaired) electrons. The normalized spacial score (nSPS) is 19.7. The largest absolute Gasteiger partial charge is 0.379 e. The van der Waals surface area contributed by atoms with Crippen LogP contribution in [0.4, 0.5) is 10.5 Å². The van der Waals surface area contributed by atoms with Crippen LogP contribution in [-0.2, 0) is 36.8 Å². The summed E-state index contributed by atoms with van der Waals surface area (Å²) < 4.78 is 16.3. The highest BCUT2D eigenvalue weighted by atomic mass is 35.5. The number of alkyl halides is 1. The number of rotatable bonds is 16. The second kappa shape index (κ2) is 15.2. The zero-order chi connectivity index (χ0) is 25.8. The van der Waals surface area contributed by atoms with Gasteiger partial charge in [0.05, 0.1) is 55.5 Å². The van der Waals surface area contributed by atoms with E-state index in [1.54, 1.807) is 0 Å². The smallest absolute Gasteiger partial charge is 0.315 e. The van der Waals surface area contributed by atoms with E-state index in [4.69, 9.17) is 31.5 Å². The molecular weight excluding hydrogens is 510 g/mol. The Hall–Kier alpha value is -2.09. The highest BCUT2D eigenvalue weighted by Crippen LogP contribution is 2.27. The molecule has 200 valence electrons. The molecule has 13 heteroatoms. The maximum Gasteiger partial charge on any atom is 0.315 e. The predicted octanol–water partition coefficient (Wildman–Crippen LogP) is 0.544. The third-order valence-corrected chi connectivity index (χ3v) is 7.53. The fraction of sp³-hybridized carbons (Fsp3) is 0.609. The van der Waals surface area contributed by atoms with Crippen LogP contribution < -0.4 is 27.0 Å². The SMILES string of the molecule is NCCOCCOCCOCC[C@@H](SC1NC(=O)NCC1Cl)C(=O)NCc1ccc2c(c1)CC(=O)N2. The summed E-state index contributed by atoms with van der Waals surface area (Å²) in [6.07, 6.45) is 0.770. The Bertz CT molecular complexity index is 895. The Morgan fingerprint density at radius 1 is 1.14 bits per heavy atom. The molecule has 6 N–H and O–H groups in total. The van der Waals surface area contributed by atoms with Crippen molar-refractivity contribution < 1.29 is 28.6 Å². The summed E-state index contributed by atoms with van der Waals surface area (Å²) in [5.41, 5.74) is 7.98. The number of ether oxygens (including phenoxy) is 3. The van der Waals surface area contributed by atoms with Crippen molar-refractivity contribution in [2.24, 2.45) is 5.73 Å². The number of urea groups is 1.